The number of carbonyl (C=O) groups excluding carboxylic acids is 2. The van der Waals surface area contributed by atoms with Crippen molar-refractivity contribution < 1.29 is 9.59 Å². The molecule has 0 aliphatic rings. The molecular weight excluding hydrogens is 376 g/mol. The van der Waals surface area contributed by atoms with E-state index in [0.29, 0.717) is 11.6 Å². The van der Waals surface area contributed by atoms with Crippen molar-refractivity contribution in [2.45, 2.75) is 29.9 Å². The highest BCUT2D eigenvalue weighted by molar-refractivity contribution is 8.02. The van der Waals surface area contributed by atoms with Crippen molar-refractivity contribution >= 4 is 67.3 Å². The summed E-state index contributed by atoms with van der Waals surface area (Å²) in [5, 5.41) is 7.75. The molecule has 0 aliphatic carbocycles. The molecule has 0 aliphatic heterocycles. The summed E-state index contributed by atoms with van der Waals surface area (Å²) >= 11 is 4.30. The largest absolute Gasteiger partial charge is 0.326 e. The Kier molecular flexibility index (Phi) is 5.67. The molecular formula is C16H16N4O2S3. The third-order valence-corrected chi connectivity index (χ3v) is 6.18. The van der Waals surface area contributed by atoms with Gasteiger partial charge in [-0.1, -0.05) is 18.7 Å². The molecule has 1 aromatic carbocycles. The summed E-state index contributed by atoms with van der Waals surface area (Å²) < 4.78 is 1.79. The van der Waals surface area contributed by atoms with Gasteiger partial charge in [0.2, 0.25) is 11.8 Å². The number of nitrogens with one attached hydrogen (secondary N) is 2. The van der Waals surface area contributed by atoms with Crippen LogP contribution in [0, 0.1) is 0 Å². The number of aromatic nitrogens is 2. The lowest BCUT2D eigenvalue weighted by Crippen LogP contribution is -2.22. The summed E-state index contributed by atoms with van der Waals surface area (Å²) in [6.07, 6.45) is 2.09. The summed E-state index contributed by atoms with van der Waals surface area (Å²) in [6, 6.07) is 5.62. The second-order valence-electron chi connectivity index (χ2n) is 5.15. The van der Waals surface area contributed by atoms with E-state index >= 15 is 0 Å². The number of hydrogen-bond acceptors (Lipinski definition) is 7. The van der Waals surface area contributed by atoms with E-state index in [4.69, 9.17) is 0 Å². The molecule has 25 heavy (non-hydrogen) atoms. The number of thiazole rings is 2. The van der Waals surface area contributed by atoms with Crippen LogP contribution in [-0.2, 0) is 9.59 Å². The normalized spacial score (nSPS) is 12.1. The van der Waals surface area contributed by atoms with E-state index in [1.54, 1.807) is 6.20 Å². The van der Waals surface area contributed by atoms with Crippen LogP contribution in [0.4, 0.5) is 10.8 Å². The van der Waals surface area contributed by atoms with Crippen LogP contribution in [0.15, 0.2) is 34.1 Å². The van der Waals surface area contributed by atoms with E-state index in [2.05, 4.69) is 20.6 Å². The van der Waals surface area contributed by atoms with Crippen LogP contribution in [0.25, 0.3) is 10.2 Å². The minimum Gasteiger partial charge on any atom is -0.326 e. The number of fused-ring (bicyclic) bond motifs is 1. The molecule has 130 valence electrons. The monoisotopic (exact) mass is 392 g/mol. The first-order valence-corrected chi connectivity index (χ1v) is 10.2. The van der Waals surface area contributed by atoms with Crippen LogP contribution in [-0.4, -0.2) is 27.0 Å². The zero-order valence-electron chi connectivity index (χ0n) is 13.6. The van der Waals surface area contributed by atoms with Gasteiger partial charge in [0.05, 0.1) is 15.5 Å². The van der Waals surface area contributed by atoms with Gasteiger partial charge in [-0.3, -0.25) is 9.59 Å². The number of nitrogens with zero attached hydrogens (tertiary/aromatic N) is 2. The number of carbonyl (C=O) groups is 2. The van der Waals surface area contributed by atoms with Gasteiger partial charge in [-0.15, -0.1) is 22.7 Å². The molecule has 0 bridgehead atoms. The Hall–Kier alpha value is -1.97. The fraction of sp³-hybridized carbons (Fsp3) is 0.250. The number of benzene rings is 1. The van der Waals surface area contributed by atoms with Crippen molar-refractivity contribution in [3.63, 3.8) is 0 Å². The number of thioether (sulfide) groups is 1. The average molecular weight is 393 g/mol. The molecule has 9 heteroatoms. The highest BCUT2D eigenvalue weighted by atomic mass is 32.2. The van der Waals surface area contributed by atoms with Crippen LogP contribution >= 0.6 is 34.4 Å². The predicted octanol–water partition coefficient (Wildman–Crippen LogP) is 4.22. The summed E-state index contributed by atoms with van der Waals surface area (Å²) in [4.78, 5) is 32.3. The Morgan fingerprint density at radius 1 is 1.32 bits per heavy atom. The summed E-state index contributed by atoms with van der Waals surface area (Å²) in [6.45, 7) is 3.65. The van der Waals surface area contributed by atoms with E-state index in [-0.39, 0.29) is 17.1 Å². The van der Waals surface area contributed by atoms with Crippen molar-refractivity contribution in [2.24, 2.45) is 0 Å². The standard InChI is InChI=1S/C16H16N4O2S3/c1-3-13(21)18-10-4-5-11-12(8-10)25-16(19-11)24-9(2)14(22)20-15-17-6-7-23-15/h4-9H,3H2,1-2H3,(H,18,21)(H,17,20,22)/t9-/m0/s1. The summed E-state index contributed by atoms with van der Waals surface area (Å²) in [7, 11) is 0. The minimum absolute atomic E-state index is 0.0223. The third kappa shape index (κ3) is 4.56. The topological polar surface area (TPSA) is 84.0 Å². The van der Waals surface area contributed by atoms with Gasteiger partial charge in [0.15, 0.2) is 9.47 Å². The first-order valence-electron chi connectivity index (χ1n) is 7.62. The van der Waals surface area contributed by atoms with Gasteiger partial charge in [-0.2, -0.15) is 0 Å². The maximum absolute atomic E-state index is 12.2. The summed E-state index contributed by atoms with van der Waals surface area (Å²) in [5.74, 6) is -0.124. The van der Waals surface area contributed by atoms with Gasteiger partial charge >= 0.3 is 0 Å². The lowest BCUT2D eigenvalue weighted by Gasteiger charge is -2.07. The van der Waals surface area contributed by atoms with Crippen LogP contribution in [0.3, 0.4) is 0 Å². The van der Waals surface area contributed by atoms with Crippen LogP contribution < -0.4 is 10.6 Å². The van der Waals surface area contributed by atoms with Crippen molar-refractivity contribution in [2.75, 3.05) is 10.6 Å². The molecule has 0 spiro atoms. The van der Waals surface area contributed by atoms with E-state index in [9.17, 15) is 9.59 Å². The van der Waals surface area contributed by atoms with Crippen molar-refractivity contribution in [1.82, 2.24) is 9.97 Å². The van der Waals surface area contributed by atoms with E-state index in [1.807, 2.05) is 37.4 Å². The van der Waals surface area contributed by atoms with Crippen molar-refractivity contribution in [1.29, 1.82) is 0 Å². The Morgan fingerprint density at radius 2 is 2.16 bits per heavy atom. The second kappa shape index (κ2) is 7.94. The highest BCUT2D eigenvalue weighted by Crippen LogP contribution is 2.33. The van der Waals surface area contributed by atoms with E-state index < -0.39 is 0 Å². The van der Waals surface area contributed by atoms with Crippen LogP contribution in [0.2, 0.25) is 0 Å². The van der Waals surface area contributed by atoms with Gasteiger partial charge in [0, 0.05) is 23.7 Å². The Morgan fingerprint density at radius 3 is 2.88 bits per heavy atom. The molecule has 6 nitrogen and oxygen atoms in total. The Labute approximate surface area is 157 Å². The molecule has 0 unspecified atom stereocenters. The molecule has 2 N–H and O–H groups in total. The first-order chi connectivity index (χ1) is 12.0. The van der Waals surface area contributed by atoms with Crippen molar-refractivity contribution in [3.05, 3.63) is 29.8 Å². The highest BCUT2D eigenvalue weighted by Gasteiger charge is 2.18. The second-order valence-corrected chi connectivity index (χ2v) is 8.66. The number of amides is 2. The number of hydrogen-bond donors (Lipinski definition) is 2. The van der Waals surface area contributed by atoms with Crippen LogP contribution in [0.1, 0.15) is 20.3 Å². The minimum atomic E-state index is -0.288. The molecule has 2 aromatic heterocycles. The quantitative estimate of drug-likeness (QED) is 0.614. The van der Waals surface area contributed by atoms with E-state index in [0.717, 1.165) is 20.2 Å². The third-order valence-electron chi connectivity index (χ3n) is 3.28. The molecule has 0 radical (unpaired) electrons. The molecule has 0 fully saturated rings. The smallest absolute Gasteiger partial charge is 0.239 e. The summed E-state index contributed by atoms with van der Waals surface area (Å²) in [5.41, 5.74) is 1.61. The van der Waals surface area contributed by atoms with Gasteiger partial charge in [-0.05, 0) is 25.1 Å². The first kappa shape index (κ1) is 17.8. The average Bonchev–Trinajstić information content (AvgIpc) is 3.23. The number of anilines is 2. The fourth-order valence-electron chi connectivity index (χ4n) is 1.98. The maximum Gasteiger partial charge on any atom is 0.239 e. The molecule has 0 saturated carbocycles. The zero-order chi connectivity index (χ0) is 17.8. The predicted molar refractivity (Wildman–Crippen MR) is 105 cm³/mol. The van der Waals surface area contributed by atoms with Crippen molar-refractivity contribution in [3.8, 4) is 0 Å². The SMILES string of the molecule is CCC(=O)Nc1ccc2nc(S[C@@H](C)C(=O)Nc3nccs3)sc2c1. The van der Waals surface area contributed by atoms with Gasteiger partial charge < -0.3 is 10.6 Å². The molecule has 0 saturated heterocycles. The van der Waals surface area contributed by atoms with E-state index in [1.165, 1.54) is 34.4 Å². The van der Waals surface area contributed by atoms with Gasteiger partial charge in [0.1, 0.15) is 0 Å². The molecule has 2 heterocycles. The van der Waals surface area contributed by atoms with Gasteiger partial charge in [0.25, 0.3) is 0 Å². The molecule has 3 aromatic rings. The lowest BCUT2D eigenvalue weighted by atomic mass is 10.3. The lowest BCUT2D eigenvalue weighted by molar-refractivity contribution is -0.116. The molecule has 2 amide bonds. The maximum atomic E-state index is 12.2. The molecule has 3 rings (SSSR count). The number of rotatable bonds is 6. The van der Waals surface area contributed by atoms with Gasteiger partial charge in [-0.25, -0.2) is 9.97 Å². The Balaban J connectivity index is 1.68. The zero-order valence-corrected chi connectivity index (χ0v) is 16.1. The van der Waals surface area contributed by atoms with Crippen LogP contribution in [0.5, 0.6) is 0 Å². The Bertz CT molecular complexity index is 892. The fourth-order valence-corrected chi connectivity index (χ4v) is 4.76. The molecule has 1 atom stereocenters.